The highest BCUT2D eigenvalue weighted by Crippen LogP contribution is 2.19. The fourth-order valence-electron chi connectivity index (χ4n) is 1.65. The van der Waals surface area contributed by atoms with Gasteiger partial charge in [0, 0.05) is 5.88 Å². The van der Waals surface area contributed by atoms with Gasteiger partial charge >= 0.3 is 0 Å². The monoisotopic (exact) mass is 246 g/mol. The molecule has 1 heterocycles. The summed E-state index contributed by atoms with van der Waals surface area (Å²) in [6.45, 7) is 4.16. The maximum atomic E-state index is 5.73. The van der Waals surface area contributed by atoms with Gasteiger partial charge in [0.05, 0.1) is 14.2 Å². The molecule has 1 aliphatic rings. The lowest BCUT2D eigenvalue weighted by Gasteiger charge is -2.26. The van der Waals surface area contributed by atoms with E-state index >= 15 is 0 Å². The Morgan fingerprint density at radius 1 is 1.19 bits per heavy atom. The molecule has 0 spiro atoms. The van der Waals surface area contributed by atoms with Crippen LogP contribution in [0.5, 0.6) is 0 Å². The molecule has 1 rings (SSSR count). The lowest BCUT2D eigenvalue weighted by atomic mass is 10.0. The summed E-state index contributed by atoms with van der Waals surface area (Å²) in [6, 6.07) is -0.154. The van der Waals surface area contributed by atoms with E-state index in [1.807, 2.05) is 0 Å². The average molecular weight is 247 g/mol. The van der Waals surface area contributed by atoms with Gasteiger partial charge in [-0.05, 0) is 12.3 Å². The SMILES string of the molecule is COC1=N[C@H](C(C)C)C(OC)=N[C@H]1CCCl. The van der Waals surface area contributed by atoms with Gasteiger partial charge in [0.1, 0.15) is 12.1 Å². The van der Waals surface area contributed by atoms with E-state index in [4.69, 9.17) is 21.1 Å². The van der Waals surface area contributed by atoms with E-state index in [0.29, 0.717) is 30.0 Å². The number of hydrogen-bond donors (Lipinski definition) is 0. The van der Waals surface area contributed by atoms with E-state index in [-0.39, 0.29) is 12.1 Å². The van der Waals surface area contributed by atoms with E-state index in [2.05, 4.69) is 23.8 Å². The Balaban J connectivity index is 2.92. The van der Waals surface area contributed by atoms with Crippen molar-refractivity contribution >= 4 is 23.4 Å². The second kappa shape index (κ2) is 6.09. The predicted molar refractivity (Wildman–Crippen MR) is 66.6 cm³/mol. The zero-order valence-electron chi connectivity index (χ0n) is 10.2. The molecule has 0 unspecified atom stereocenters. The van der Waals surface area contributed by atoms with Gasteiger partial charge in [-0.3, -0.25) is 0 Å². The Morgan fingerprint density at radius 3 is 2.25 bits per heavy atom. The van der Waals surface area contributed by atoms with Gasteiger partial charge in [-0.1, -0.05) is 13.8 Å². The van der Waals surface area contributed by atoms with Crippen molar-refractivity contribution in [3.05, 3.63) is 0 Å². The summed E-state index contributed by atoms with van der Waals surface area (Å²) in [6.07, 6.45) is 0.714. The summed E-state index contributed by atoms with van der Waals surface area (Å²) in [5.41, 5.74) is 0. The second-order valence-electron chi connectivity index (χ2n) is 4.03. The van der Waals surface area contributed by atoms with Gasteiger partial charge in [0.15, 0.2) is 0 Å². The van der Waals surface area contributed by atoms with Crippen LogP contribution in [-0.2, 0) is 9.47 Å². The average Bonchev–Trinajstić information content (AvgIpc) is 2.28. The molecule has 0 bridgehead atoms. The lowest BCUT2D eigenvalue weighted by Crippen LogP contribution is -2.37. The van der Waals surface area contributed by atoms with Crippen LogP contribution in [0.3, 0.4) is 0 Å². The molecule has 0 aromatic heterocycles. The molecule has 0 fully saturated rings. The van der Waals surface area contributed by atoms with Crippen LogP contribution < -0.4 is 0 Å². The summed E-state index contributed by atoms with van der Waals surface area (Å²) in [7, 11) is 3.24. The number of halogens is 1. The largest absolute Gasteiger partial charge is 0.483 e. The van der Waals surface area contributed by atoms with E-state index in [1.54, 1.807) is 14.2 Å². The molecule has 2 atom stereocenters. The van der Waals surface area contributed by atoms with Crippen LogP contribution in [0.15, 0.2) is 9.98 Å². The quantitative estimate of drug-likeness (QED) is 0.716. The summed E-state index contributed by atoms with van der Waals surface area (Å²) >= 11 is 5.73. The Hall–Kier alpha value is -0.770. The molecule has 0 aliphatic carbocycles. The Morgan fingerprint density at radius 2 is 1.81 bits per heavy atom. The summed E-state index contributed by atoms with van der Waals surface area (Å²) < 4.78 is 10.5. The van der Waals surface area contributed by atoms with Gasteiger partial charge in [0.2, 0.25) is 11.8 Å². The lowest BCUT2D eigenvalue weighted by molar-refractivity contribution is 0.332. The zero-order valence-corrected chi connectivity index (χ0v) is 11.0. The van der Waals surface area contributed by atoms with E-state index in [9.17, 15) is 0 Å². The van der Waals surface area contributed by atoms with Gasteiger partial charge in [0.25, 0.3) is 0 Å². The van der Waals surface area contributed by atoms with Crippen LogP contribution in [0.4, 0.5) is 0 Å². The zero-order chi connectivity index (χ0) is 12.1. The molecule has 0 radical (unpaired) electrons. The standard InChI is InChI=1S/C11H19ClN2O2/c1-7(2)9-11(16-4)13-8(5-6-12)10(14-9)15-3/h7-9H,5-6H2,1-4H3/t8-,9+/m0/s1. The molecule has 0 aromatic carbocycles. The Bertz CT molecular complexity index is 290. The number of hydrogen-bond acceptors (Lipinski definition) is 4. The molecule has 0 N–H and O–H groups in total. The van der Waals surface area contributed by atoms with Crippen LogP contribution in [0.2, 0.25) is 0 Å². The molecule has 4 nitrogen and oxygen atoms in total. The smallest absolute Gasteiger partial charge is 0.209 e. The van der Waals surface area contributed by atoms with E-state index < -0.39 is 0 Å². The minimum atomic E-state index is -0.104. The number of methoxy groups -OCH3 is 2. The Labute approximate surface area is 102 Å². The third-order valence-corrected chi connectivity index (χ3v) is 2.74. The van der Waals surface area contributed by atoms with Crippen molar-refractivity contribution in [3.63, 3.8) is 0 Å². The minimum Gasteiger partial charge on any atom is -0.483 e. The van der Waals surface area contributed by atoms with Crippen molar-refractivity contribution in [2.45, 2.75) is 32.4 Å². The van der Waals surface area contributed by atoms with Crippen LogP contribution in [0.25, 0.3) is 0 Å². The number of ether oxygens (including phenoxy) is 2. The maximum absolute atomic E-state index is 5.73. The molecule has 0 saturated heterocycles. The highest BCUT2D eigenvalue weighted by Gasteiger charge is 2.30. The summed E-state index contributed by atoms with van der Waals surface area (Å²) in [5, 5.41) is 0. The second-order valence-corrected chi connectivity index (χ2v) is 4.40. The van der Waals surface area contributed by atoms with Crippen molar-refractivity contribution < 1.29 is 9.47 Å². The molecular formula is C11H19ClN2O2. The summed E-state index contributed by atoms with van der Waals surface area (Å²) in [5.74, 6) is 2.19. The molecule has 0 aromatic rings. The third-order valence-electron chi connectivity index (χ3n) is 2.52. The molecule has 0 amide bonds. The van der Waals surface area contributed by atoms with Crippen LogP contribution in [0, 0.1) is 5.92 Å². The predicted octanol–water partition coefficient (Wildman–Crippen LogP) is 2.11. The van der Waals surface area contributed by atoms with Crippen molar-refractivity contribution in [3.8, 4) is 0 Å². The van der Waals surface area contributed by atoms with Crippen LogP contribution >= 0.6 is 11.6 Å². The number of alkyl halides is 1. The fraction of sp³-hybridized carbons (Fsp3) is 0.818. The first-order valence-electron chi connectivity index (χ1n) is 5.43. The molecular weight excluding hydrogens is 228 g/mol. The first-order chi connectivity index (χ1) is 7.63. The highest BCUT2D eigenvalue weighted by atomic mass is 35.5. The molecule has 5 heteroatoms. The van der Waals surface area contributed by atoms with Crippen LogP contribution in [0.1, 0.15) is 20.3 Å². The van der Waals surface area contributed by atoms with Crippen molar-refractivity contribution in [2.75, 3.05) is 20.1 Å². The maximum Gasteiger partial charge on any atom is 0.209 e. The topological polar surface area (TPSA) is 43.2 Å². The van der Waals surface area contributed by atoms with Gasteiger partial charge in [-0.2, -0.15) is 0 Å². The van der Waals surface area contributed by atoms with Crippen LogP contribution in [-0.4, -0.2) is 44.0 Å². The first-order valence-corrected chi connectivity index (χ1v) is 5.96. The first kappa shape index (κ1) is 13.3. The van der Waals surface area contributed by atoms with Crippen molar-refractivity contribution in [1.82, 2.24) is 0 Å². The molecule has 92 valence electrons. The minimum absolute atomic E-state index is 0.0495. The van der Waals surface area contributed by atoms with Crippen molar-refractivity contribution in [2.24, 2.45) is 15.9 Å². The third kappa shape index (κ3) is 2.88. The number of rotatable bonds is 3. The normalized spacial score (nSPS) is 25.1. The van der Waals surface area contributed by atoms with E-state index in [1.165, 1.54) is 0 Å². The highest BCUT2D eigenvalue weighted by molar-refractivity contribution is 6.18. The van der Waals surface area contributed by atoms with Gasteiger partial charge in [-0.15, -0.1) is 11.6 Å². The van der Waals surface area contributed by atoms with Crippen molar-refractivity contribution in [1.29, 1.82) is 0 Å². The number of nitrogens with zero attached hydrogens (tertiary/aromatic N) is 2. The van der Waals surface area contributed by atoms with E-state index in [0.717, 1.165) is 0 Å². The Kier molecular flexibility index (Phi) is 5.06. The molecule has 0 saturated carbocycles. The van der Waals surface area contributed by atoms with Gasteiger partial charge < -0.3 is 9.47 Å². The molecule has 16 heavy (non-hydrogen) atoms. The number of aliphatic imine (C=N–C) groups is 2. The fourth-order valence-corrected chi connectivity index (χ4v) is 1.86. The summed E-state index contributed by atoms with van der Waals surface area (Å²) in [4.78, 5) is 9.03. The molecule has 1 aliphatic heterocycles. The van der Waals surface area contributed by atoms with Gasteiger partial charge in [-0.25, -0.2) is 9.98 Å².